The number of rotatable bonds is 6. The Morgan fingerprint density at radius 1 is 1.00 bits per heavy atom. The number of benzene rings is 2. The van der Waals surface area contributed by atoms with Crippen LogP contribution in [0.15, 0.2) is 45.3 Å². The molecule has 0 fully saturated rings. The van der Waals surface area contributed by atoms with Crippen LogP contribution in [0.2, 0.25) is 0 Å². The van der Waals surface area contributed by atoms with Crippen molar-refractivity contribution in [3.63, 3.8) is 0 Å². The van der Waals surface area contributed by atoms with Crippen molar-refractivity contribution in [2.45, 2.75) is 26.8 Å². The van der Waals surface area contributed by atoms with E-state index in [2.05, 4.69) is 56.2 Å². The molecular formula is C17H19Br2NO. The van der Waals surface area contributed by atoms with Gasteiger partial charge in [0.2, 0.25) is 0 Å². The van der Waals surface area contributed by atoms with E-state index in [4.69, 9.17) is 4.74 Å². The van der Waals surface area contributed by atoms with E-state index >= 15 is 0 Å². The fourth-order valence-corrected chi connectivity index (χ4v) is 2.92. The number of aryl methyl sites for hydroxylation is 1. The van der Waals surface area contributed by atoms with Crippen molar-refractivity contribution >= 4 is 31.9 Å². The highest BCUT2D eigenvalue weighted by molar-refractivity contribution is 9.10. The van der Waals surface area contributed by atoms with Gasteiger partial charge >= 0.3 is 0 Å². The molecule has 0 radical (unpaired) electrons. The van der Waals surface area contributed by atoms with Gasteiger partial charge in [-0.1, -0.05) is 38.8 Å². The molecule has 0 heterocycles. The van der Waals surface area contributed by atoms with Crippen molar-refractivity contribution in [1.82, 2.24) is 5.32 Å². The molecule has 0 aliphatic rings. The minimum atomic E-state index is 0.804. The Morgan fingerprint density at radius 2 is 1.67 bits per heavy atom. The van der Waals surface area contributed by atoms with Crippen LogP contribution in [0.1, 0.15) is 24.5 Å². The standard InChI is InChI=1S/C17H19Br2NO/c1-3-8-20-11-13-10-15(19)5-7-17(13)21-16-6-4-14(18)9-12(16)2/h4-7,9-10,20H,3,8,11H2,1-2H3. The third-order valence-corrected chi connectivity index (χ3v) is 4.11. The van der Waals surface area contributed by atoms with E-state index in [-0.39, 0.29) is 0 Å². The zero-order valence-corrected chi connectivity index (χ0v) is 15.4. The molecule has 0 amide bonds. The van der Waals surface area contributed by atoms with Gasteiger partial charge in [0.15, 0.2) is 0 Å². The smallest absolute Gasteiger partial charge is 0.132 e. The van der Waals surface area contributed by atoms with Gasteiger partial charge in [0, 0.05) is 21.1 Å². The van der Waals surface area contributed by atoms with E-state index in [1.54, 1.807) is 0 Å². The molecule has 0 atom stereocenters. The second-order valence-electron chi connectivity index (χ2n) is 4.94. The Labute approximate surface area is 143 Å². The van der Waals surface area contributed by atoms with E-state index in [0.717, 1.165) is 51.1 Å². The third kappa shape index (κ3) is 4.83. The average Bonchev–Trinajstić information content (AvgIpc) is 2.44. The van der Waals surface area contributed by atoms with Crippen LogP contribution in [0.4, 0.5) is 0 Å². The molecule has 4 heteroatoms. The second-order valence-corrected chi connectivity index (χ2v) is 6.77. The summed E-state index contributed by atoms with van der Waals surface area (Å²) < 4.78 is 8.23. The van der Waals surface area contributed by atoms with Gasteiger partial charge in [0.25, 0.3) is 0 Å². The fraction of sp³-hybridized carbons (Fsp3) is 0.294. The zero-order chi connectivity index (χ0) is 15.2. The highest BCUT2D eigenvalue weighted by Gasteiger charge is 2.08. The van der Waals surface area contributed by atoms with Gasteiger partial charge < -0.3 is 10.1 Å². The molecule has 0 aromatic heterocycles. The monoisotopic (exact) mass is 411 g/mol. The minimum absolute atomic E-state index is 0.804. The summed E-state index contributed by atoms with van der Waals surface area (Å²) in [6, 6.07) is 12.2. The van der Waals surface area contributed by atoms with E-state index in [1.807, 2.05) is 31.2 Å². The zero-order valence-electron chi connectivity index (χ0n) is 12.2. The summed E-state index contributed by atoms with van der Waals surface area (Å²) in [6.45, 7) is 6.02. The first-order valence-corrected chi connectivity index (χ1v) is 8.62. The number of hydrogen-bond donors (Lipinski definition) is 1. The maximum atomic E-state index is 6.10. The summed E-state index contributed by atoms with van der Waals surface area (Å²) in [4.78, 5) is 0. The van der Waals surface area contributed by atoms with Crippen LogP contribution in [-0.2, 0) is 6.54 Å². The molecule has 21 heavy (non-hydrogen) atoms. The highest BCUT2D eigenvalue weighted by atomic mass is 79.9. The van der Waals surface area contributed by atoms with Gasteiger partial charge in [0.1, 0.15) is 11.5 Å². The van der Waals surface area contributed by atoms with E-state index in [1.165, 1.54) is 0 Å². The lowest BCUT2D eigenvalue weighted by Gasteiger charge is -2.14. The number of halogens is 2. The third-order valence-electron chi connectivity index (χ3n) is 3.12. The van der Waals surface area contributed by atoms with Gasteiger partial charge in [-0.3, -0.25) is 0 Å². The first kappa shape index (κ1) is 16.5. The second kappa shape index (κ2) is 7.97. The molecule has 112 valence electrons. The Morgan fingerprint density at radius 3 is 2.33 bits per heavy atom. The lowest BCUT2D eigenvalue weighted by Crippen LogP contribution is -2.14. The summed E-state index contributed by atoms with van der Waals surface area (Å²) in [5.74, 6) is 1.78. The molecule has 0 saturated heterocycles. The summed E-state index contributed by atoms with van der Waals surface area (Å²) in [5.41, 5.74) is 2.26. The van der Waals surface area contributed by atoms with Crippen LogP contribution in [0.5, 0.6) is 11.5 Å². The Balaban J connectivity index is 2.22. The first-order chi connectivity index (χ1) is 10.1. The molecule has 2 nitrogen and oxygen atoms in total. The van der Waals surface area contributed by atoms with Crippen molar-refractivity contribution in [3.8, 4) is 11.5 Å². The molecule has 0 saturated carbocycles. The Kier molecular flexibility index (Phi) is 6.27. The predicted molar refractivity (Wildman–Crippen MR) is 95.1 cm³/mol. The minimum Gasteiger partial charge on any atom is -0.457 e. The summed E-state index contributed by atoms with van der Waals surface area (Å²) in [6.07, 6.45) is 1.12. The maximum Gasteiger partial charge on any atom is 0.132 e. The molecule has 2 aromatic rings. The van der Waals surface area contributed by atoms with Crippen molar-refractivity contribution < 1.29 is 4.74 Å². The lowest BCUT2D eigenvalue weighted by atomic mass is 10.2. The van der Waals surface area contributed by atoms with E-state index in [0.29, 0.717) is 0 Å². The largest absolute Gasteiger partial charge is 0.457 e. The van der Waals surface area contributed by atoms with Crippen molar-refractivity contribution in [2.75, 3.05) is 6.54 Å². The van der Waals surface area contributed by atoms with Crippen molar-refractivity contribution in [3.05, 3.63) is 56.5 Å². The predicted octanol–water partition coefficient (Wildman–Crippen LogP) is 5.81. The molecule has 0 spiro atoms. The number of hydrogen-bond acceptors (Lipinski definition) is 2. The van der Waals surface area contributed by atoms with Gasteiger partial charge in [-0.05, 0) is 61.9 Å². The average molecular weight is 413 g/mol. The molecule has 0 aliphatic heterocycles. The Hall–Kier alpha value is -0.840. The normalized spacial score (nSPS) is 10.7. The van der Waals surface area contributed by atoms with Gasteiger partial charge in [-0.15, -0.1) is 0 Å². The maximum absolute atomic E-state index is 6.10. The summed E-state index contributed by atoms with van der Waals surface area (Å²) in [7, 11) is 0. The van der Waals surface area contributed by atoms with Crippen LogP contribution < -0.4 is 10.1 Å². The van der Waals surface area contributed by atoms with Crippen LogP contribution in [0.3, 0.4) is 0 Å². The quantitative estimate of drug-likeness (QED) is 0.604. The molecule has 0 aliphatic carbocycles. The topological polar surface area (TPSA) is 21.3 Å². The Bertz CT molecular complexity index is 614. The van der Waals surface area contributed by atoms with Crippen molar-refractivity contribution in [2.24, 2.45) is 0 Å². The summed E-state index contributed by atoms with van der Waals surface area (Å²) in [5, 5.41) is 3.42. The van der Waals surface area contributed by atoms with Gasteiger partial charge in [-0.25, -0.2) is 0 Å². The summed E-state index contributed by atoms with van der Waals surface area (Å²) >= 11 is 7.00. The van der Waals surface area contributed by atoms with E-state index in [9.17, 15) is 0 Å². The van der Waals surface area contributed by atoms with Crippen LogP contribution in [-0.4, -0.2) is 6.54 Å². The number of ether oxygens (including phenoxy) is 1. The molecule has 2 rings (SSSR count). The van der Waals surface area contributed by atoms with Crippen LogP contribution >= 0.6 is 31.9 Å². The number of nitrogens with one attached hydrogen (secondary N) is 1. The van der Waals surface area contributed by atoms with Gasteiger partial charge in [-0.2, -0.15) is 0 Å². The fourth-order valence-electron chi connectivity index (χ4n) is 2.03. The van der Waals surface area contributed by atoms with E-state index < -0.39 is 0 Å². The van der Waals surface area contributed by atoms with Crippen molar-refractivity contribution in [1.29, 1.82) is 0 Å². The molecule has 1 N–H and O–H groups in total. The molecule has 0 unspecified atom stereocenters. The van der Waals surface area contributed by atoms with Gasteiger partial charge in [0.05, 0.1) is 0 Å². The van der Waals surface area contributed by atoms with Crippen LogP contribution in [0, 0.1) is 6.92 Å². The SMILES string of the molecule is CCCNCc1cc(Br)ccc1Oc1ccc(Br)cc1C. The molecule has 2 aromatic carbocycles. The lowest BCUT2D eigenvalue weighted by molar-refractivity contribution is 0.469. The molecular weight excluding hydrogens is 394 g/mol. The molecule has 0 bridgehead atoms. The van der Waals surface area contributed by atoms with Crippen LogP contribution in [0.25, 0.3) is 0 Å². The first-order valence-electron chi connectivity index (χ1n) is 7.03. The highest BCUT2D eigenvalue weighted by Crippen LogP contribution is 2.31.